The van der Waals surface area contributed by atoms with Crippen molar-refractivity contribution < 1.29 is 28.0 Å². The Hall–Kier alpha value is -5.81. The molecule has 0 spiro atoms. The number of phosphoric ester groups is 1. The second-order valence-electron chi connectivity index (χ2n) is 16.4. The molecule has 2 aliphatic carbocycles. The first-order chi connectivity index (χ1) is 29.0. The molecule has 59 heavy (non-hydrogen) atoms. The summed E-state index contributed by atoms with van der Waals surface area (Å²) in [5.41, 5.74) is 4.41. The molecule has 294 valence electrons. The van der Waals surface area contributed by atoms with Crippen molar-refractivity contribution in [2.75, 3.05) is 0 Å². The van der Waals surface area contributed by atoms with E-state index in [0.29, 0.717) is 22.3 Å². The third-order valence-corrected chi connectivity index (χ3v) is 13.5. The van der Waals surface area contributed by atoms with Gasteiger partial charge in [0.25, 0.3) is 0 Å². The van der Waals surface area contributed by atoms with Gasteiger partial charge in [0, 0.05) is 33.4 Å². The van der Waals surface area contributed by atoms with Gasteiger partial charge in [0.1, 0.15) is 23.0 Å². The first kappa shape index (κ1) is 36.3. The van der Waals surface area contributed by atoms with Crippen LogP contribution in [0.5, 0.6) is 23.0 Å². The summed E-state index contributed by atoms with van der Waals surface area (Å²) >= 11 is 0. The Morgan fingerprint density at radius 3 is 1.20 bits per heavy atom. The third-order valence-electron chi connectivity index (χ3n) is 12.7. The summed E-state index contributed by atoms with van der Waals surface area (Å²) in [5.74, 6) is 2.04. The summed E-state index contributed by atoms with van der Waals surface area (Å²) in [6, 6.07) is 45.4. The van der Waals surface area contributed by atoms with Gasteiger partial charge in [-0.1, -0.05) is 122 Å². The smallest absolute Gasteiger partial charge is 0.490 e. The lowest BCUT2D eigenvalue weighted by atomic mass is 9.85. The van der Waals surface area contributed by atoms with E-state index in [-0.39, 0.29) is 23.7 Å². The molecule has 0 amide bonds. The van der Waals surface area contributed by atoms with Crippen LogP contribution < -0.4 is 18.5 Å². The minimum absolute atomic E-state index is 0.0748. The van der Waals surface area contributed by atoms with Crippen molar-refractivity contribution in [3.63, 3.8) is 0 Å². The minimum atomic E-state index is -4.85. The molecule has 3 aliphatic rings. The van der Waals surface area contributed by atoms with Crippen LogP contribution in [0.15, 0.2) is 133 Å². The SMILES string of the molecule is O=P1(O)Oc2c(cc3ccccc3c2-c2c(OC3CCCCC3)ccc3ccccc23)-c2cc3ccccc3c(-c3c(OC4CCCCC4)ccc4ccccc34)c2O1. The molecule has 1 N–H and O–H groups in total. The Morgan fingerprint density at radius 1 is 0.441 bits per heavy atom. The lowest BCUT2D eigenvalue weighted by Crippen LogP contribution is -2.20. The number of benzene rings is 8. The molecule has 8 aromatic rings. The molecule has 7 heteroatoms. The summed E-state index contributed by atoms with van der Waals surface area (Å²) in [6.45, 7) is 0. The topological polar surface area (TPSA) is 74.2 Å². The quantitative estimate of drug-likeness (QED) is 0.169. The average molecular weight is 797 g/mol. The molecule has 0 atom stereocenters. The molecule has 6 nitrogen and oxygen atoms in total. The van der Waals surface area contributed by atoms with Crippen LogP contribution >= 0.6 is 7.82 Å². The molecule has 0 radical (unpaired) electrons. The van der Waals surface area contributed by atoms with Crippen LogP contribution in [0.3, 0.4) is 0 Å². The molecule has 1 heterocycles. The lowest BCUT2D eigenvalue weighted by Gasteiger charge is -2.26. The number of ether oxygens (including phenoxy) is 2. The number of phosphoric acid groups is 1. The van der Waals surface area contributed by atoms with E-state index in [1.807, 2.05) is 48.5 Å². The van der Waals surface area contributed by atoms with Crippen molar-refractivity contribution in [1.82, 2.24) is 0 Å². The molecular weight excluding hydrogens is 752 g/mol. The summed E-state index contributed by atoms with van der Waals surface area (Å²) in [7, 11) is -4.85. The summed E-state index contributed by atoms with van der Waals surface area (Å²) in [5, 5.41) is 7.71. The predicted molar refractivity (Wildman–Crippen MR) is 239 cm³/mol. The Kier molecular flexibility index (Phi) is 9.09. The minimum Gasteiger partial charge on any atom is -0.490 e. The van der Waals surface area contributed by atoms with Crippen molar-refractivity contribution in [2.24, 2.45) is 0 Å². The van der Waals surface area contributed by atoms with E-state index in [1.54, 1.807) is 0 Å². The van der Waals surface area contributed by atoms with Crippen LogP contribution in [0.25, 0.3) is 76.5 Å². The molecule has 0 aromatic heterocycles. The Balaban J connectivity index is 1.24. The van der Waals surface area contributed by atoms with E-state index < -0.39 is 7.82 Å². The zero-order valence-electron chi connectivity index (χ0n) is 32.9. The highest BCUT2D eigenvalue weighted by molar-refractivity contribution is 7.48. The van der Waals surface area contributed by atoms with Crippen LogP contribution in [-0.2, 0) is 4.57 Å². The van der Waals surface area contributed by atoms with E-state index in [9.17, 15) is 9.46 Å². The zero-order chi connectivity index (χ0) is 39.5. The van der Waals surface area contributed by atoms with E-state index in [2.05, 4.69) is 84.9 Å². The second kappa shape index (κ2) is 14.8. The first-order valence-electron chi connectivity index (χ1n) is 21.2. The monoisotopic (exact) mass is 796 g/mol. The Bertz CT molecular complexity index is 2780. The van der Waals surface area contributed by atoms with Gasteiger partial charge in [0.05, 0.1) is 12.2 Å². The molecule has 11 rings (SSSR count). The van der Waals surface area contributed by atoms with Gasteiger partial charge in [-0.15, -0.1) is 0 Å². The molecule has 0 bridgehead atoms. The molecule has 2 saturated carbocycles. The summed E-state index contributed by atoms with van der Waals surface area (Å²) < 4.78 is 41.7. The standard InChI is InChI=1S/C52H45O6P/c53-59(54)57-51-43(31-35-17-9-13-25-41(35)49(51)47-39-23-11-7-15-33(39)27-29-45(47)55-37-19-3-1-4-20-37)44-32-36-18-10-14-26-42(36)50(52(44)58-59)48-40-24-12-8-16-34(40)28-30-46(48)56-38-21-5-2-6-22-38/h7-18,23-32,37-38H,1-6,19-22H2,(H,53,54). The second-order valence-corrected chi connectivity index (χ2v) is 17.7. The highest BCUT2D eigenvalue weighted by Gasteiger charge is 2.39. The molecule has 2 fully saturated rings. The number of hydrogen-bond acceptors (Lipinski definition) is 5. The summed E-state index contributed by atoms with van der Waals surface area (Å²) in [6.07, 6.45) is 11.0. The predicted octanol–water partition coefficient (Wildman–Crippen LogP) is 14.6. The highest BCUT2D eigenvalue weighted by atomic mass is 31.2. The lowest BCUT2D eigenvalue weighted by molar-refractivity contribution is 0.156. The van der Waals surface area contributed by atoms with Crippen LogP contribution in [0.4, 0.5) is 0 Å². The van der Waals surface area contributed by atoms with Crippen molar-refractivity contribution >= 4 is 50.9 Å². The van der Waals surface area contributed by atoms with Crippen LogP contribution in [0, 0.1) is 0 Å². The molecule has 0 unspecified atom stereocenters. The fraction of sp³-hybridized carbons (Fsp3) is 0.231. The maximum absolute atomic E-state index is 14.8. The van der Waals surface area contributed by atoms with E-state index >= 15 is 0 Å². The van der Waals surface area contributed by atoms with E-state index in [0.717, 1.165) is 117 Å². The van der Waals surface area contributed by atoms with Gasteiger partial charge in [0.15, 0.2) is 0 Å². The van der Waals surface area contributed by atoms with Crippen molar-refractivity contribution in [1.29, 1.82) is 0 Å². The fourth-order valence-electron chi connectivity index (χ4n) is 9.93. The van der Waals surface area contributed by atoms with Crippen LogP contribution in [0.1, 0.15) is 64.2 Å². The Labute approximate surface area is 343 Å². The van der Waals surface area contributed by atoms with Gasteiger partial charge < -0.3 is 18.5 Å². The Morgan fingerprint density at radius 2 is 0.797 bits per heavy atom. The van der Waals surface area contributed by atoms with E-state index in [1.165, 1.54) is 12.8 Å². The van der Waals surface area contributed by atoms with Crippen molar-refractivity contribution in [3.05, 3.63) is 133 Å². The number of fused-ring (bicyclic) bond motifs is 7. The normalized spacial score (nSPS) is 16.9. The van der Waals surface area contributed by atoms with Gasteiger partial charge >= 0.3 is 7.82 Å². The zero-order valence-corrected chi connectivity index (χ0v) is 33.8. The maximum Gasteiger partial charge on any atom is 0.584 e. The molecular formula is C52H45O6P. The van der Waals surface area contributed by atoms with Crippen molar-refractivity contribution in [3.8, 4) is 56.4 Å². The summed E-state index contributed by atoms with van der Waals surface area (Å²) in [4.78, 5) is 12.1. The number of rotatable bonds is 6. The molecule has 8 aromatic carbocycles. The van der Waals surface area contributed by atoms with Gasteiger partial charge in [-0.25, -0.2) is 4.57 Å². The van der Waals surface area contributed by atoms with Crippen LogP contribution in [0.2, 0.25) is 0 Å². The molecule has 1 aliphatic heterocycles. The van der Waals surface area contributed by atoms with Gasteiger partial charge in [-0.2, -0.15) is 0 Å². The van der Waals surface area contributed by atoms with Gasteiger partial charge in [-0.3, -0.25) is 4.89 Å². The maximum atomic E-state index is 14.8. The fourth-order valence-corrected chi connectivity index (χ4v) is 10.8. The number of hydrogen-bond donors (Lipinski definition) is 1. The van der Waals surface area contributed by atoms with Gasteiger partial charge in [-0.05, 0) is 119 Å². The first-order valence-corrected chi connectivity index (χ1v) is 22.7. The third kappa shape index (κ3) is 6.50. The highest BCUT2D eigenvalue weighted by Crippen LogP contribution is 2.62. The van der Waals surface area contributed by atoms with Gasteiger partial charge in [0.2, 0.25) is 0 Å². The largest absolute Gasteiger partial charge is 0.584 e. The van der Waals surface area contributed by atoms with Crippen molar-refractivity contribution in [2.45, 2.75) is 76.4 Å². The van der Waals surface area contributed by atoms with E-state index in [4.69, 9.17) is 18.5 Å². The molecule has 0 saturated heterocycles. The van der Waals surface area contributed by atoms with Crippen LogP contribution in [-0.4, -0.2) is 17.1 Å². The average Bonchev–Trinajstić information content (AvgIpc) is 3.38.